The fourth-order valence-electron chi connectivity index (χ4n) is 2.61. The lowest BCUT2D eigenvalue weighted by atomic mass is 10.1. The van der Waals surface area contributed by atoms with Crippen molar-refractivity contribution in [2.75, 3.05) is 18.4 Å². The molecule has 1 amide bonds. The van der Waals surface area contributed by atoms with E-state index in [0.717, 1.165) is 31.7 Å². The van der Waals surface area contributed by atoms with Crippen LogP contribution in [0, 0.1) is 15.9 Å². The van der Waals surface area contributed by atoms with E-state index in [0.29, 0.717) is 18.6 Å². The molecule has 0 aliphatic heterocycles. The molecule has 1 heterocycles. The molecular formula is C18H23FN4O3. The summed E-state index contributed by atoms with van der Waals surface area (Å²) in [5, 5.41) is 17.4. The number of amides is 1. The number of benzene rings is 1. The Morgan fingerprint density at radius 2 is 1.92 bits per heavy atom. The number of anilines is 1. The molecule has 0 atom stereocenters. The number of nitrogens with one attached hydrogen (secondary N) is 2. The first-order chi connectivity index (χ1) is 12.5. The van der Waals surface area contributed by atoms with Gasteiger partial charge in [0.15, 0.2) is 0 Å². The summed E-state index contributed by atoms with van der Waals surface area (Å²) in [7, 11) is 0. The van der Waals surface area contributed by atoms with Crippen LogP contribution in [0.1, 0.15) is 49.9 Å². The fraction of sp³-hybridized carbons (Fsp3) is 0.444. The van der Waals surface area contributed by atoms with Crippen molar-refractivity contribution in [3.05, 3.63) is 39.7 Å². The van der Waals surface area contributed by atoms with Gasteiger partial charge in [-0.15, -0.1) is 0 Å². The summed E-state index contributed by atoms with van der Waals surface area (Å²) in [5.41, 5.74) is -0.251. The van der Waals surface area contributed by atoms with Crippen molar-refractivity contribution in [2.45, 2.75) is 39.5 Å². The molecule has 0 spiro atoms. The molecule has 8 heteroatoms. The zero-order valence-electron chi connectivity index (χ0n) is 15.0. The van der Waals surface area contributed by atoms with Crippen molar-refractivity contribution in [1.29, 1.82) is 0 Å². The Morgan fingerprint density at radius 3 is 2.58 bits per heavy atom. The maximum absolute atomic E-state index is 13.7. The molecule has 0 aliphatic carbocycles. The van der Waals surface area contributed by atoms with Crippen molar-refractivity contribution in [3.63, 3.8) is 0 Å². The highest BCUT2D eigenvalue weighted by atomic mass is 19.1. The fourth-order valence-corrected chi connectivity index (χ4v) is 2.61. The van der Waals surface area contributed by atoms with E-state index in [2.05, 4.69) is 15.6 Å². The monoisotopic (exact) mass is 362 g/mol. The van der Waals surface area contributed by atoms with E-state index in [9.17, 15) is 19.3 Å². The Labute approximate surface area is 151 Å². The number of nitrogens with zero attached hydrogens (tertiary/aromatic N) is 2. The summed E-state index contributed by atoms with van der Waals surface area (Å²) in [5.74, 6) is -1.15. The van der Waals surface area contributed by atoms with Crippen molar-refractivity contribution in [2.24, 2.45) is 0 Å². The van der Waals surface area contributed by atoms with E-state index in [-0.39, 0.29) is 16.8 Å². The molecule has 0 saturated heterocycles. The number of unbranched alkanes of at least 4 members (excludes halogenated alkanes) is 2. The smallest absolute Gasteiger partial charge is 0.324 e. The number of halogens is 1. The van der Waals surface area contributed by atoms with Crippen LogP contribution in [0.2, 0.25) is 0 Å². The summed E-state index contributed by atoms with van der Waals surface area (Å²) in [6.45, 7) is 4.86. The maximum atomic E-state index is 13.7. The van der Waals surface area contributed by atoms with Crippen LogP contribution < -0.4 is 10.6 Å². The van der Waals surface area contributed by atoms with Gasteiger partial charge >= 0.3 is 5.69 Å². The third-order valence-electron chi connectivity index (χ3n) is 3.97. The Bertz CT molecular complexity index is 811. The molecule has 2 aromatic rings. The number of aromatic nitrogens is 1. The lowest BCUT2D eigenvalue weighted by Gasteiger charge is -2.13. The Kier molecular flexibility index (Phi) is 6.82. The highest BCUT2D eigenvalue weighted by Gasteiger charge is 2.29. The van der Waals surface area contributed by atoms with Gasteiger partial charge in [-0.05, 0) is 31.0 Å². The second-order valence-electron chi connectivity index (χ2n) is 5.99. The van der Waals surface area contributed by atoms with Crippen LogP contribution in [0.3, 0.4) is 0 Å². The normalized spacial score (nSPS) is 10.7. The van der Waals surface area contributed by atoms with Gasteiger partial charge in [0, 0.05) is 18.5 Å². The van der Waals surface area contributed by atoms with Gasteiger partial charge in [0.25, 0.3) is 5.91 Å². The van der Waals surface area contributed by atoms with E-state index < -0.39 is 22.3 Å². The average Bonchev–Trinajstić information content (AvgIpc) is 2.60. The maximum Gasteiger partial charge on any atom is 0.324 e. The van der Waals surface area contributed by atoms with Crippen LogP contribution in [0.4, 0.5) is 15.9 Å². The van der Waals surface area contributed by atoms with Crippen molar-refractivity contribution >= 4 is 28.3 Å². The molecule has 140 valence electrons. The minimum atomic E-state index is -0.639. The summed E-state index contributed by atoms with van der Waals surface area (Å²) in [6, 6.07) is 3.75. The first-order valence-corrected chi connectivity index (χ1v) is 8.79. The number of carbonyl (C=O) groups excluding carboxylic acids is 1. The second kappa shape index (κ2) is 9.07. The Hall–Kier alpha value is -2.77. The third-order valence-corrected chi connectivity index (χ3v) is 3.97. The first kappa shape index (κ1) is 19.6. The Morgan fingerprint density at radius 1 is 1.23 bits per heavy atom. The molecule has 1 aromatic heterocycles. The van der Waals surface area contributed by atoms with Gasteiger partial charge in [0.2, 0.25) is 5.82 Å². The average molecular weight is 362 g/mol. The SMILES string of the molecule is CCCCNC(=O)c1c([N+](=O)[O-])c(NCCCC)nc2ccc(F)cc12. The second-order valence-corrected chi connectivity index (χ2v) is 5.99. The lowest BCUT2D eigenvalue weighted by molar-refractivity contribution is -0.384. The number of rotatable bonds is 9. The third kappa shape index (κ3) is 4.44. The predicted molar refractivity (Wildman–Crippen MR) is 99.0 cm³/mol. The van der Waals surface area contributed by atoms with Crippen molar-refractivity contribution in [3.8, 4) is 0 Å². The van der Waals surface area contributed by atoms with Crippen LogP contribution in [-0.2, 0) is 0 Å². The number of fused-ring (bicyclic) bond motifs is 1. The summed E-state index contributed by atoms with van der Waals surface area (Å²) < 4.78 is 13.7. The zero-order valence-corrected chi connectivity index (χ0v) is 15.0. The molecule has 26 heavy (non-hydrogen) atoms. The van der Waals surface area contributed by atoms with Gasteiger partial charge in [-0.2, -0.15) is 0 Å². The molecule has 0 unspecified atom stereocenters. The topological polar surface area (TPSA) is 97.2 Å². The standard InChI is InChI=1S/C18H23FN4O3/c1-3-5-9-20-17-16(23(25)26)15(18(24)21-10-6-4-2)13-11-12(19)7-8-14(13)22-17/h7-8,11H,3-6,9-10H2,1-2H3,(H,20,22)(H,21,24). The van der Waals surface area contributed by atoms with Crippen molar-refractivity contribution < 1.29 is 14.1 Å². The predicted octanol–water partition coefficient (Wildman–Crippen LogP) is 4.02. The van der Waals surface area contributed by atoms with Gasteiger partial charge in [-0.3, -0.25) is 14.9 Å². The minimum absolute atomic E-state index is 0.0307. The summed E-state index contributed by atoms with van der Waals surface area (Å²) in [4.78, 5) is 28.0. The molecule has 1 aromatic carbocycles. The van der Waals surface area contributed by atoms with Crippen molar-refractivity contribution in [1.82, 2.24) is 10.3 Å². The van der Waals surface area contributed by atoms with Crippen LogP contribution in [0.25, 0.3) is 10.9 Å². The molecule has 2 rings (SSSR count). The number of nitro groups is 1. The molecule has 0 radical (unpaired) electrons. The van der Waals surface area contributed by atoms with Crippen LogP contribution in [0.5, 0.6) is 0 Å². The molecule has 0 saturated carbocycles. The van der Waals surface area contributed by atoms with Crippen LogP contribution >= 0.6 is 0 Å². The molecule has 7 nitrogen and oxygen atoms in total. The number of pyridine rings is 1. The van der Waals surface area contributed by atoms with E-state index in [1.807, 2.05) is 13.8 Å². The van der Waals surface area contributed by atoms with Crippen LogP contribution in [-0.4, -0.2) is 28.9 Å². The number of hydrogen-bond donors (Lipinski definition) is 2. The Balaban J connectivity index is 2.61. The van der Waals surface area contributed by atoms with Gasteiger partial charge in [0.1, 0.15) is 11.4 Å². The van der Waals surface area contributed by atoms with E-state index in [1.165, 1.54) is 12.1 Å². The minimum Gasteiger partial charge on any atom is -0.364 e. The van der Waals surface area contributed by atoms with Gasteiger partial charge in [-0.1, -0.05) is 26.7 Å². The van der Waals surface area contributed by atoms with E-state index >= 15 is 0 Å². The summed E-state index contributed by atoms with van der Waals surface area (Å²) in [6.07, 6.45) is 3.33. The van der Waals surface area contributed by atoms with Gasteiger partial charge in [0.05, 0.1) is 10.4 Å². The summed E-state index contributed by atoms with van der Waals surface area (Å²) >= 11 is 0. The molecule has 0 fully saturated rings. The van der Waals surface area contributed by atoms with E-state index in [4.69, 9.17) is 0 Å². The van der Waals surface area contributed by atoms with Crippen LogP contribution in [0.15, 0.2) is 18.2 Å². The van der Waals surface area contributed by atoms with Gasteiger partial charge in [-0.25, -0.2) is 9.37 Å². The largest absolute Gasteiger partial charge is 0.364 e. The number of carbonyl (C=O) groups is 1. The molecular weight excluding hydrogens is 339 g/mol. The highest BCUT2D eigenvalue weighted by molar-refractivity contribution is 6.11. The first-order valence-electron chi connectivity index (χ1n) is 8.79. The molecule has 0 bridgehead atoms. The van der Waals surface area contributed by atoms with Gasteiger partial charge < -0.3 is 10.6 Å². The zero-order chi connectivity index (χ0) is 19.1. The highest BCUT2D eigenvalue weighted by Crippen LogP contribution is 2.33. The lowest BCUT2D eigenvalue weighted by Crippen LogP contribution is -2.26. The molecule has 2 N–H and O–H groups in total. The number of hydrogen-bond acceptors (Lipinski definition) is 5. The van der Waals surface area contributed by atoms with E-state index in [1.54, 1.807) is 0 Å². The molecule has 0 aliphatic rings. The quantitative estimate of drug-likeness (QED) is 0.399.